The molecule has 0 bridgehead atoms. The first-order valence-corrected chi connectivity index (χ1v) is 5.67. The molecular weight excluding hydrogens is 200 g/mol. The highest BCUT2D eigenvalue weighted by atomic mass is 16.3. The third kappa shape index (κ3) is 1.65. The molecule has 1 aliphatic carbocycles. The summed E-state index contributed by atoms with van der Waals surface area (Å²) in [6.07, 6.45) is 2.38. The molecule has 1 fully saturated rings. The number of hydrogen-bond acceptors (Lipinski definition) is 2. The lowest BCUT2D eigenvalue weighted by atomic mass is 10.1. The second-order valence-corrected chi connectivity index (χ2v) is 4.30. The van der Waals surface area contributed by atoms with Crippen molar-refractivity contribution in [2.24, 2.45) is 0 Å². The highest BCUT2D eigenvalue weighted by molar-refractivity contribution is 5.59. The fraction of sp³-hybridized carbons (Fsp3) is 0.286. The van der Waals surface area contributed by atoms with Gasteiger partial charge in [-0.1, -0.05) is 30.3 Å². The summed E-state index contributed by atoms with van der Waals surface area (Å²) < 4.78 is 5.86. The smallest absolute Gasteiger partial charge is 0.134 e. The molecule has 2 nitrogen and oxygen atoms in total. The van der Waals surface area contributed by atoms with Crippen LogP contribution in [0.5, 0.6) is 0 Å². The van der Waals surface area contributed by atoms with Crippen molar-refractivity contribution >= 4 is 0 Å². The van der Waals surface area contributed by atoms with Crippen LogP contribution in [0.4, 0.5) is 0 Å². The van der Waals surface area contributed by atoms with Gasteiger partial charge in [0, 0.05) is 17.0 Å². The molecular formula is C14H14O2. The van der Waals surface area contributed by atoms with Crippen LogP contribution in [0.15, 0.2) is 40.8 Å². The van der Waals surface area contributed by atoms with E-state index in [4.69, 9.17) is 4.42 Å². The Morgan fingerprint density at radius 1 is 1.19 bits per heavy atom. The Hall–Kier alpha value is -1.54. The molecule has 2 aromatic rings. The van der Waals surface area contributed by atoms with Crippen LogP contribution >= 0.6 is 0 Å². The van der Waals surface area contributed by atoms with Crippen molar-refractivity contribution in [3.8, 4) is 11.3 Å². The van der Waals surface area contributed by atoms with Crippen molar-refractivity contribution < 1.29 is 9.52 Å². The predicted molar refractivity (Wildman–Crippen MR) is 62.0 cm³/mol. The van der Waals surface area contributed by atoms with Gasteiger partial charge in [0.2, 0.25) is 0 Å². The molecule has 0 unspecified atom stereocenters. The lowest BCUT2D eigenvalue weighted by molar-refractivity contribution is 0.278. The Morgan fingerprint density at radius 3 is 2.56 bits per heavy atom. The van der Waals surface area contributed by atoms with Crippen molar-refractivity contribution in [2.75, 3.05) is 0 Å². The van der Waals surface area contributed by atoms with E-state index in [-0.39, 0.29) is 6.61 Å². The lowest BCUT2D eigenvalue weighted by Crippen LogP contribution is -1.84. The maximum absolute atomic E-state index is 9.30. The van der Waals surface area contributed by atoms with Crippen LogP contribution in [0.25, 0.3) is 11.3 Å². The van der Waals surface area contributed by atoms with Gasteiger partial charge in [-0.3, -0.25) is 0 Å². The summed E-state index contributed by atoms with van der Waals surface area (Å²) in [5.74, 6) is 2.40. The van der Waals surface area contributed by atoms with Crippen LogP contribution in [0, 0.1) is 0 Å². The van der Waals surface area contributed by atoms with Crippen LogP contribution in [0.2, 0.25) is 0 Å². The predicted octanol–water partition coefficient (Wildman–Crippen LogP) is 3.32. The first-order valence-electron chi connectivity index (χ1n) is 5.67. The monoisotopic (exact) mass is 214 g/mol. The molecule has 0 aliphatic heterocycles. The summed E-state index contributed by atoms with van der Waals surface area (Å²) >= 11 is 0. The number of benzene rings is 1. The third-order valence-corrected chi connectivity index (χ3v) is 3.02. The summed E-state index contributed by atoms with van der Waals surface area (Å²) in [6, 6.07) is 12.0. The van der Waals surface area contributed by atoms with Crippen LogP contribution in [0.3, 0.4) is 0 Å². The first kappa shape index (κ1) is 9.67. The Morgan fingerprint density at radius 2 is 1.94 bits per heavy atom. The van der Waals surface area contributed by atoms with Crippen LogP contribution in [0.1, 0.15) is 30.1 Å². The highest BCUT2D eigenvalue weighted by Crippen LogP contribution is 2.44. The number of furan rings is 1. The Balaban J connectivity index is 2.02. The summed E-state index contributed by atoms with van der Waals surface area (Å²) in [4.78, 5) is 0. The van der Waals surface area contributed by atoms with Gasteiger partial charge >= 0.3 is 0 Å². The number of hydrogen-bond donors (Lipinski definition) is 1. The van der Waals surface area contributed by atoms with E-state index < -0.39 is 0 Å². The molecule has 1 aromatic heterocycles. The van der Waals surface area contributed by atoms with Gasteiger partial charge in [0.1, 0.15) is 11.5 Å². The minimum Gasteiger partial charge on any atom is -0.460 e. The van der Waals surface area contributed by atoms with Gasteiger partial charge in [-0.25, -0.2) is 0 Å². The van der Waals surface area contributed by atoms with Gasteiger partial charge in [0.25, 0.3) is 0 Å². The minimum atomic E-state index is 0.0716. The quantitative estimate of drug-likeness (QED) is 0.850. The molecule has 16 heavy (non-hydrogen) atoms. The minimum absolute atomic E-state index is 0.0716. The molecule has 1 aromatic carbocycles. The molecule has 1 aliphatic rings. The molecule has 0 radical (unpaired) electrons. The summed E-state index contributed by atoms with van der Waals surface area (Å²) in [5.41, 5.74) is 2.02. The molecule has 0 saturated heterocycles. The van der Waals surface area contributed by atoms with E-state index in [1.165, 1.54) is 12.8 Å². The van der Waals surface area contributed by atoms with E-state index in [0.29, 0.717) is 5.92 Å². The van der Waals surface area contributed by atoms with E-state index in [0.717, 1.165) is 22.6 Å². The fourth-order valence-electron chi connectivity index (χ4n) is 2.00. The zero-order valence-electron chi connectivity index (χ0n) is 9.02. The second kappa shape index (κ2) is 3.80. The van der Waals surface area contributed by atoms with Crippen LogP contribution in [-0.4, -0.2) is 5.11 Å². The maximum atomic E-state index is 9.30. The van der Waals surface area contributed by atoms with Gasteiger partial charge in [-0.05, 0) is 18.9 Å². The SMILES string of the molecule is OCc1cc(-c2ccccc2)oc1C1CC1. The van der Waals surface area contributed by atoms with Gasteiger partial charge in [0.05, 0.1) is 6.61 Å². The Labute approximate surface area is 94.5 Å². The number of aliphatic hydroxyl groups is 1. The highest BCUT2D eigenvalue weighted by Gasteiger charge is 2.30. The molecule has 1 N–H and O–H groups in total. The molecule has 3 rings (SSSR count). The molecule has 82 valence electrons. The normalized spacial score (nSPS) is 15.3. The third-order valence-electron chi connectivity index (χ3n) is 3.02. The van der Waals surface area contributed by atoms with Gasteiger partial charge in [-0.2, -0.15) is 0 Å². The molecule has 0 atom stereocenters. The number of aliphatic hydroxyl groups excluding tert-OH is 1. The maximum Gasteiger partial charge on any atom is 0.134 e. The number of rotatable bonds is 3. The average molecular weight is 214 g/mol. The molecule has 1 saturated carbocycles. The van der Waals surface area contributed by atoms with Crippen molar-refractivity contribution in [3.63, 3.8) is 0 Å². The second-order valence-electron chi connectivity index (χ2n) is 4.30. The van der Waals surface area contributed by atoms with Gasteiger partial charge in [0.15, 0.2) is 0 Å². The average Bonchev–Trinajstić information content (AvgIpc) is 3.10. The lowest BCUT2D eigenvalue weighted by Gasteiger charge is -1.96. The Kier molecular flexibility index (Phi) is 2.29. The van der Waals surface area contributed by atoms with E-state index in [9.17, 15) is 5.11 Å². The topological polar surface area (TPSA) is 33.4 Å². The largest absolute Gasteiger partial charge is 0.460 e. The summed E-state index contributed by atoms with van der Waals surface area (Å²) in [6.45, 7) is 0.0716. The molecule has 0 amide bonds. The first-order chi connectivity index (χ1) is 7.88. The fourth-order valence-corrected chi connectivity index (χ4v) is 2.00. The van der Waals surface area contributed by atoms with Gasteiger partial charge in [-0.15, -0.1) is 0 Å². The van der Waals surface area contributed by atoms with Crippen LogP contribution < -0.4 is 0 Å². The summed E-state index contributed by atoms with van der Waals surface area (Å²) in [7, 11) is 0. The van der Waals surface area contributed by atoms with Crippen molar-refractivity contribution in [2.45, 2.75) is 25.4 Å². The van der Waals surface area contributed by atoms with Crippen molar-refractivity contribution in [1.29, 1.82) is 0 Å². The van der Waals surface area contributed by atoms with E-state index in [1.807, 2.05) is 36.4 Å². The van der Waals surface area contributed by atoms with E-state index in [1.54, 1.807) is 0 Å². The standard InChI is InChI=1S/C14H14O2/c15-9-12-8-13(10-4-2-1-3-5-10)16-14(12)11-6-7-11/h1-5,8,11,15H,6-7,9H2. The van der Waals surface area contributed by atoms with Gasteiger partial charge < -0.3 is 9.52 Å². The van der Waals surface area contributed by atoms with Crippen LogP contribution in [-0.2, 0) is 6.61 Å². The zero-order valence-corrected chi connectivity index (χ0v) is 9.02. The van der Waals surface area contributed by atoms with E-state index >= 15 is 0 Å². The molecule has 0 spiro atoms. The molecule has 2 heteroatoms. The van der Waals surface area contributed by atoms with Crippen molar-refractivity contribution in [1.82, 2.24) is 0 Å². The Bertz CT molecular complexity index is 481. The van der Waals surface area contributed by atoms with E-state index in [2.05, 4.69) is 0 Å². The summed E-state index contributed by atoms with van der Waals surface area (Å²) in [5, 5.41) is 9.30. The van der Waals surface area contributed by atoms with Crippen molar-refractivity contribution in [3.05, 3.63) is 47.7 Å². The molecule has 1 heterocycles. The zero-order chi connectivity index (χ0) is 11.0.